The van der Waals surface area contributed by atoms with E-state index >= 15 is 0 Å². The molecule has 0 atom stereocenters. The number of benzene rings is 2. The molecule has 0 saturated carbocycles. The first-order valence-corrected chi connectivity index (χ1v) is 10.7. The molecule has 10 heteroatoms. The van der Waals surface area contributed by atoms with E-state index in [1.807, 2.05) is 30.3 Å². The number of unbranched alkanes of at least 4 members (excludes halogenated alkanes) is 2. The lowest BCUT2D eigenvalue weighted by Crippen LogP contribution is -2.46. The van der Waals surface area contributed by atoms with Crippen LogP contribution in [0.15, 0.2) is 59.4 Å². The molecule has 0 radical (unpaired) electrons. The van der Waals surface area contributed by atoms with Crippen molar-refractivity contribution in [2.75, 3.05) is 5.32 Å². The molecule has 1 amide bonds. The molecule has 0 aliphatic heterocycles. The number of carbonyl (C=O) groups excluding carboxylic acids is 1. The van der Waals surface area contributed by atoms with E-state index in [4.69, 9.17) is 12.2 Å². The third-order valence-corrected chi connectivity index (χ3v) is 4.87. The van der Waals surface area contributed by atoms with Crippen molar-refractivity contribution in [1.82, 2.24) is 25.2 Å². The second-order valence-corrected chi connectivity index (χ2v) is 7.50. The number of nitrogens with zero attached hydrogens (tertiary/aromatic N) is 3. The SMILES string of the molecule is CCCCCn1nc(-c2ccccc2)n(CC(=O)NNC(=S)Nc2ccccc2F)c1=O. The maximum Gasteiger partial charge on any atom is 0.346 e. The third kappa shape index (κ3) is 6.01. The first kappa shape index (κ1) is 23.1. The van der Waals surface area contributed by atoms with Crippen LogP contribution in [0, 0.1) is 5.82 Å². The van der Waals surface area contributed by atoms with Crippen molar-refractivity contribution in [3.63, 3.8) is 0 Å². The van der Waals surface area contributed by atoms with Crippen molar-refractivity contribution in [3.05, 3.63) is 70.9 Å². The van der Waals surface area contributed by atoms with E-state index in [9.17, 15) is 14.0 Å². The van der Waals surface area contributed by atoms with Gasteiger partial charge in [-0.1, -0.05) is 62.2 Å². The number of hydrogen-bond acceptors (Lipinski definition) is 4. The Bertz CT molecular complexity index is 1130. The zero-order valence-electron chi connectivity index (χ0n) is 17.7. The summed E-state index contributed by atoms with van der Waals surface area (Å²) in [6.45, 7) is 2.31. The number of para-hydroxylation sites is 1. The van der Waals surface area contributed by atoms with Crippen LogP contribution in [0.1, 0.15) is 26.2 Å². The molecule has 0 spiro atoms. The lowest BCUT2D eigenvalue weighted by molar-refractivity contribution is -0.122. The molecule has 168 valence electrons. The van der Waals surface area contributed by atoms with Gasteiger partial charge >= 0.3 is 5.69 Å². The first-order valence-electron chi connectivity index (χ1n) is 10.3. The molecule has 1 aromatic heterocycles. The fraction of sp³-hybridized carbons (Fsp3) is 0.273. The Morgan fingerprint density at radius 2 is 1.78 bits per heavy atom. The van der Waals surface area contributed by atoms with Crippen molar-refractivity contribution in [2.45, 2.75) is 39.3 Å². The van der Waals surface area contributed by atoms with E-state index in [-0.39, 0.29) is 23.0 Å². The summed E-state index contributed by atoms with van der Waals surface area (Å²) in [6, 6.07) is 15.2. The topological polar surface area (TPSA) is 93.0 Å². The van der Waals surface area contributed by atoms with Crippen LogP contribution in [-0.4, -0.2) is 25.4 Å². The Balaban J connectivity index is 1.69. The van der Waals surface area contributed by atoms with Crippen molar-refractivity contribution in [1.29, 1.82) is 0 Å². The molecule has 3 rings (SSSR count). The summed E-state index contributed by atoms with van der Waals surface area (Å²) < 4.78 is 16.4. The molecular formula is C22H25FN6O2S. The van der Waals surface area contributed by atoms with E-state index in [2.05, 4.69) is 28.2 Å². The number of hydrazine groups is 1. The minimum atomic E-state index is -0.505. The molecule has 8 nitrogen and oxygen atoms in total. The molecule has 0 saturated heterocycles. The van der Waals surface area contributed by atoms with Gasteiger partial charge < -0.3 is 5.32 Å². The zero-order chi connectivity index (χ0) is 22.9. The van der Waals surface area contributed by atoms with Gasteiger partial charge in [-0.15, -0.1) is 5.10 Å². The van der Waals surface area contributed by atoms with Gasteiger partial charge in [0, 0.05) is 12.1 Å². The highest BCUT2D eigenvalue weighted by molar-refractivity contribution is 7.80. The van der Waals surface area contributed by atoms with Crippen LogP contribution in [0.2, 0.25) is 0 Å². The minimum Gasteiger partial charge on any atom is -0.329 e. The number of carbonyl (C=O) groups is 1. The van der Waals surface area contributed by atoms with Crippen LogP contribution in [-0.2, 0) is 17.9 Å². The molecule has 32 heavy (non-hydrogen) atoms. The molecule has 0 unspecified atom stereocenters. The van der Waals surface area contributed by atoms with Crippen molar-refractivity contribution in [2.24, 2.45) is 0 Å². The normalized spacial score (nSPS) is 10.6. The fourth-order valence-electron chi connectivity index (χ4n) is 3.07. The molecule has 0 aliphatic rings. The average Bonchev–Trinajstić information content (AvgIpc) is 3.10. The number of halogens is 1. The molecule has 0 fully saturated rings. The largest absolute Gasteiger partial charge is 0.346 e. The number of amides is 1. The summed E-state index contributed by atoms with van der Waals surface area (Å²) in [7, 11) is 0. The Hall–Kier alpha value is -3.53. The van der Waals surface area contributed by atoms with Gasteiger partial charge in [0.05, 0.1) is 5.69 Å². The van der Waals surface area contributed by atoms with Gasteiger partial charge in [0.15, 0.2) is 10.9 Å². The summed E-state index contributed by atoms with van der Waals surface area (Å²) in [5.41, 5.74) is 5.49. The fourth-order valence-corrected chi connectivity index (χ4v) is 3.23. The van der Waals surface area contributed by atoms with E-state index in [0.717, 1.165) is 24.8 Å². The van der Waals surface area contributed by atoms with Gasteiger partial charge in [0.1, 0.15) is 12.4 Å². The summed E-state index contributed by atoms with van der Waals surface area (Å²) in [4.78, 5) is 25.4. The van der Waals surface area contributed by atoms with Gasteiger partial charge in [0.2, 0.25) is 0 Å². The van der Waals surface area contributed by atoms with Crippen LogP contribution in [0.3, 0.4) is 0 Å². The molecule has 3 aromatic rings. The van der Waals surface area contributed by atoms with E-state index in [0.29, 0.717) is 12.4 Å². The first-order chi connectivity index (χ1) is 15.5. The molecule has 0 bridgehead atoms. The van der Waals surface area contributed by atoms with E-state index in [1.54, 1.807) is 12.1 Å². The minimum absolute atomic E-state index is 0.00865. The summed E-state index contributed by atoms with van der Waals surface area (Å²) in [6.07, 6.45) is 2.83. The molecule has 2 aromatic carbocycles. The van der Waals surface area contributed by atoms with Crippen molar-refractivity contribution < 1.29 is 9.18 Å². The van der Waals surface area contributed by atoms with Crippen molar-refractivity contribution in [3.8, 4) is 11.4 Å². The Morgan fingerprint density at radius 3 is 2.50 bits per heavy atom. The number of rotatable bonds is 8. The van der Waals surface area contributed by atoms with Gasteiger partial charge in [-0.2, -0.15) is 0 Å². The highest BCUT2D eigenvalue weighted by atomic mass is 32.1. The van der Waals surface area contributed by atoms with Gasteiger partial charge in [-0.25, -0.2) is 13.9 Å². The second-order valence-electron chi connectivity index (χ2n) is 7.10. The summed E-state index contributed by atoms with van der Waals surface area (Å²) in [5.74, 6) is -0.568. The standard InChI is InChI=1S/C22H25FN6O2S/c1-2-3-9-14-29-22(31)28(20(27-29)16-10-5-4-6-11-16)15-19(30)25-26-21(32)24-18-13-8-7-12-17(18)23/h4-8,10-13H,2-3,9,14-15H2,1H3,(H,25,30)(H2,24,26,32). The Morgan fingerprint density at radius 1 is 1.06 bits per heavy atom. The van der Waals surface area contributed by atoms with Crippen LogP contribution >= 0.6 is 12.2 Å². The maximum atomic E-state index is 13.7. The van der Waals surface area contributed by atoms with Crippen LogP contribution in [0.5, 0.6) is 0 Å². The van der Waals surface area contributed by atoms with Crippen LogP contribution in [0.25, 0.3) is 11.4 Å². The molecular weight excluding hydrogens is 431 g/mol. The lowest BCUT2D eigenvalue weighted by Gasteiger charge is -2.12. The summed E-state index contributed by atoms with van der Waals surface area (Å²) >= 11 is 5.08. The highest BCUT2D eigenvalue weighted by Crippen LogP contribution is 2.15. The lowest BCUT2D eigenvalue weighted by atomic mass is 10.2. The molecule has 1 heterocycles. The number of anilines is 1. The van der Waals surface area contributed by atoms with E-state index in [1.165, 1.54) is 21.4 Å². The predicted molar refractivity (Wildman–Crippen MR) is 125 cm³/mol. The average molecular weight is 457 g/mol. The van der Waals surface area contributed by atoms with Crippen LogP contribution < -0.4 is 21.9 Å². The second kappa shape index (κ2) is 11.2. The Labute approximate surface area is 190 Å². The maximum absolute atomic E-state index is 13.7. The molecule has 3 N–H and O–H groups in total. The number of nitrogens with one attached hydrogen (secondary N) is 3. The zero-order valence-corrected chi connectivity index (χ0v) is 18.5. The highest BCUT2D eigenvalue weighted by Gasteiger charge is 2.17. The number of hydrogen-bond donors (Lipinski definition) is 3. The number of aromatic nitrogens is 3. The number of aryl methyl sites for hydroxylation is 1. The quantitative estimate of drug-likeness (QED) is 0.274. The van der Waals surface area contributed by atoms with Gasteiger partial charge in [-0.3, -0.25) is 20.2 Å². The monoisotopic (exact) mass is 456 g/mol. The summed E-state index contributed by atoms with van der Waals surface area (Å²) in [5, 5.41) is 7.12. The Kier molecular flexibility index (Phi) is 8.09. The van der Waals surface area contributed by atoms with E-state index < -0.39 is 11.7 Å². The van der Waals surface area contributed by atoms with Crippen LogP contribution in [0.4, 0.5) is 10.1 Å². The number of thiocarbonyl (C=S) groups is 1. The predicted octanol–water partition coefficient (Wildman–Crippen LogP) is 3.06. The van der Waals surface area contributed by atoms with Gasteiger partial charge in [0.25, 0.3) is 5.91 Å². The molecule has 0 aliphatic carbocycles. The van der Waals surface area contributed by atoms with Gasteiger partial charge in [-0.05, 0) is 30.8 Å². The van der Waals surface area contributed by atoms with Crippen molar-refractivity contribution >= 4 is 28.9 Å². The third-order valence-electron chi connectivity index (χ3n) is 4.67. The smallest absolute Gasteiger partial charge is 0.329 e.